The lowest BCUT2D eigenvalue weighted by atomic mass is 10.2. The highest BCUT2D eigenvalue weighted by atomic mass is 32.1. The molecule has 0 saturated heterocycles. The molecule has 2 rings (SSSR count). The highest BCUT2D eigenvalue weighted by Crippen LogP contribution is 2.15. The van der Waals surface area contributed by atoms with Crippen LogP contribution in [0.4, 0.5) is 0 Å². The number of amides is 1. The molecule has 2 aromatic heterocycles. The topological polar surface area (TPSA) is 64.1 Å². The number of nitrogens with one attached hydrogen (secondary N) is 1. The van der Waals surface area contributed by atoms with Crippen LogP contribution in [0.25, 0.3) is 0 Å². The van der Waals surface area contributed by atoms with Gasteiger partial charge in [-0.2, -0.15) is 0 Å². The predicted molar refractivity (Wildman–Crippen MR) is 73.5 cm³/mol. The monoisotopic (exact) mass is 277 g/mol. The van der Waals surface area contributed by atoms with Gasteiger partial charge in [0.05, 0.1) is 18.3 Å². The summed E-state index contributed by atoms with van der Waals surface area (Å²) >= 11 is 1.42. The molecule has 0 aromatic carbocycles. The van der Waals surface area contributed by atoms with Crippen LogP contribution >= 0.6 is 11.3 Å². The van der Waals surface area contributed by atoms with Crippen molar-refractivity contribution < 1.29 is 9.53 Å². The highest BCUT2D eigenvalue weighted by molar-refractivity contribution is 7.13. The minimum atomic E-state index is -0.122. The molecule has 0 aliphatic heterocycles. The normalized spacial score (nSPS) is 10.2. The van der Waals surface area contributed by atoms with Crippen LogP contribution < -0.4 is 10.1 Å². The van der Waals surface area contributed by atoms with Crippen LogP contribution in [0.1, 0.15) is 27.2 Å². The molecule has 0 bridgehead atoms. The summed E-state index contributed by atoms with van der Waals surface area (Å²) in [4.78, 5) is 20.8. The Morgan fingerprint density at radius 2 is 2.32 bits per heavy atom. The Bertz CT molecular complexity index is 569. The molecule has 6 heteroatoms. The van der Waals surface area contributed by atoms with Crippen molar-refractivity contribution in [3.05, 3.63) is 40.0 Å². The van der Waals surface area contributed by atoms with Gasteiger partial charge in [0.1, 0.15) is 4.88 Å². The molecule has 0 fully saturated rings. The smallest absolute Gasteiger partial charge is 0.263 e. The molecule has 0 radical (unpaired) electrons. The number of ether oxygens (including phenoxy) is 1. The van der Waals surface area contributed by atoms with E-state index in [1.54, 1.807) is 19.5 Å². The molecule has 1 N–H and O–H groups in total. The van der Waals surface area contributed by atoms with Gasteiger partial charge in [-0.25, -0.2) is 9.97 Å². The summed E-state index contributed by atoms with van der Waals surface area (Å²) in [5.74, 6) is 0.407. The quantitative estimate of drug-likeness (QED) is 0.908. The molecule has 0 aliphatic rings. The first-order chi connectivity index (χ1) is 9.24. The molecule has 2 heterocycles. The number of carbonyl (C=O) groups excluding carboxylic acids is 1. The molecule has 2 aromatic rings. The zero-order valence-corrected chi connectivity index (χ0v) is 11.7. The summed E-state index contributed by atoms with van der Waals surface area (Å²) in [5.41, 5.74) is 0.846. The van der Waals surface area contributed by atoms with Crippen LogP contribution in [-0.2, 0) is 13.0 Å². The number of rotatable bonds is 5. The number of carbonyl (C=O) groups is 1. The molecular formula is C13H15N3O2S. The van der Waals surface area contributed by atoms with E-state index in [4.69, 9.17) is 4.74 Å². The maximum atomic E-state index is 11.9. The second kappa shape index (κ2) is 6.29. The SMILES string of the molecule is CCc1ncc(C(=O)NCc2cccnc2OC)s1. The van der Waals surface area contributed by atoms with Gasteiger partial charge < -0.3 is 10.1 Å². The first kappa shape index (κ1) is 13.5. The summed E-state index contributed by atoms with van der Waals surface area (Å²) in [6.45, 7) is 2.40. The molecule has 0 spiro atoms. The average molecular weight is 277 g/mol. The molecule has 19 heavy (non-hydrogen) atoms. The molecule has 0 saturated carbocycles. The number of thiazole rings is 1. The summed E-state index contributed by atoms with van der Waals surface area (Å²) in [5, 5.41) is 3.80. The van der Waals surface area contributed by atoms with Crippen LogP contribution in [0.15, 0.2) is 24.5 Å². The van der Waals surface area contributed by atoms with Crippen LogP contribution in [0.2, 0.25) is 0 Å². The van der Waals surface area contributed by atoms with E-state index in [1.165, 1.54) is 11.3 Å². The third kappa shape index (κ3) is 3.29. The standard InChI is InChI=1S/C13H15N3O2S/c1-3-11-15-8-10(19-11)12(17)16-7-9-5-4-6-14-13(9)18-2/h4-6,8H,3,7H2,1-2H3,(H,16,17). The van der Waals surface area contributed by atoms with Gasteiger partial charge in [-0.3, -0.25) is 4.79 Å². The van der Waals surface area contributed by atoms with E-state index in [1.807, 2.05) is 19.1 Å². The maximum absolute atomic E-state index is 11.9. The minimum absolute atomic E-state index is 0.122. The van der Waals surface area contributed by atoms with E-state index in [0.717, 1.165) is 17.0 Å². The van der Waals surface area contributed by atoms with Crippen molar-refractivity contribution in [3.8, 4) is 5.88 Å². The van der Waals surface area contributed by atoms with Crippen molar-refractivity contribution in [1.82, 2.24) is 15.3 Å². The molecule has 0 atom stereocenters. The number of pyridine rings is 1. The molecular weight excluding hydrogens is 262 g/mol. The van der Waals surface area contributed by atoms with E-state index < -0.39 is 0 Å². The summed E-state index contributed by atoms with van der Waals surface area (Å²) in [6, 6.07) is 3.68. The zero-order valence-electron chi connectivity index (χ0n) is 10.8. The first-order valence-electron chi connectivity index (χ1n) is 5.95. The number of hydrogen-bond donors (Lipinski definition) is 1. The number of methoxy groups -OCH3 is 1. The third-order valence-corrected chi connectivity index (χ3v) is 3.70. The van der Waals surface area contributed by atoms with Gasteiger partial charge in [-0.15, -0.1) is 11.3 Å². The first-order valence-corrected chi connectivity index (χ1v) is 6.77. The summed E-state index contributed by atoms with van der Waals surface area (Å²) in [6.07, 6.45) is 4.11. The van der Waals surface area contributed by atoms with E-state index in [-0.39, 0.29) is 5.91 Å². The average Bonchev–Trinajstić information content (AvgIpc) is 2.94. The lowest BCUT2D eigenvalue weighted by Crippen LogP contribution is -2.22. The summed E-state index contributed by atoms with van der Waals surface area (Å²) < 4.78 is 5.13. The molecule has 0 aliphatic carbocycles. The van der Waals surface area contributed by atoms with Crippen molar-refractivity contribution in [3.63, 3.8) is 0 Å². The summed E-state index contributed by atoms with van der Waals surface area (Å²) in [7, 11) is 1.56. The van der Waals surface area contributed by atoms with Crippen molar-refractivity contribution >= 4 is 17.2 Å². The Balaban J connectivity index is 2.00. The minimum Gasteiger partial charge on any atom is -0.481 e. The van der Waals surface area contributed by atoms with Gasteiger partial charge in [0.25, 0.3) is 5.91 Å². The Morgan fingerprint density at radius 1 is 1.47 bits per heavy atom. The number of hydrogen-bond acceptors (Lipinski definition) is 5. The molecule has 0 unspecified atom stereocenters. The fourth-order valence-electron chi connectivity index (χ4n) is 1.58. The van der Waals surface area contributed by atoms with Crippen LogP contribution in [0.3, 0.4) is 0 Å². The van der Waals surface area contributed by atoms with E-state index in [0.29, 0.717) is 17.3 Å². The Kier molecular flexibility index (Phi) is 4.46. The number of nitrogens with zero attached hydrogens (tertiary/aromatic N) is 2. The maximum Gasteiger partial charge on any atom is 0.263 e. The molecule has 1 amide bonds. The van der Waals surface area contributed by atoms with Crippen LogP contribution in [-0.4, -0.2) is 23.0 Å². The van der Waals surface area contributed by atoms with Crippen molar-refractivity contribution in [2.75, 3.05) is 7.11 Å². The molecule has 100 valence electrons. The lowest BCUT2D eigenvalue weighted by molar-refractivity contribution is 0.0954. The number of aryl methyl sites for hydroxylation is 1. The van der Waals surface area contributed by atoms with Gasteiger partial charge in [0, 0.05) is 18.3 Å². The fraction of sp³-hybridized carbons (Fsp3) is 0.308. The van der Waals surface area contributed by atoms with Gasteiger partial charge in [-0.1, -0.05) is 13.0 Å². The van der Waals surface area contributed by atoms with Gasteiger partial charge in [0.2, 0.25) is 5.88 Å². The van der Waals surface area contributed by atoms with E-state index in [2.05, 4.69) is 15.3 Å². The zero-order chi connectivity index (χ0) is 13.7. The largest absolute Gasteiger partial charge is 0.481 e. The molecule has 5 nitrogen and oxygen atoms in total. The third-order valence-electron chi connectivity index (χ3n) is 2.56. The van der Waals surface area contributed by atoms with Gasteiger partial charge in [-0.05, 0) is 12.5 Å². The van der Waals surface area contributed by atoms with Crippen molar-refractivity contribution in [2.24, 2.45) is 0 Å². The van der Waals surface area contributed by atoms with Gasteiger partial charge >= 0.3 is 0 Å². The lowest BCUT2D eigenvalue weighted by Gasteiger charge is -2.07. The second-order valence-electron chi connectivity index (χ2n) is 3.83. The second-order valence-corrected chi connectivity index (χ2v) is 4.94. The Labute approximate surface area is 115 Å². The Morgan fingerprint density at radius 3 is 3.00 bits per heavy atom. The number of aromatic nitrogens is 2. The van der Waals surface area contributed by atoms with E-state index >= 15 is 0 Å². The Hall–Kier alpha value is -1.95. The fourth-order valence-corrected chi connectivity index (χ4v) is 2.36. The highest BCUT2D eigenvalue weighted by Gasteiger charge is 2.11. The predicted octanol–water partition coefficient (Wildman–Crippen LogP) is 2.04. The van der Waals surface area contributed by atoms with E-state index in [9.17, 15) is 4.79 Å². The van der Waals surface area contributed by atoms with Crippen LogP contribution in [0, 0.1) is 0 Å². The van der Waals surface area contributed by atoms with Crippen LogP contribution in [0.5, 0.6) is 5.88 Å². The van der Waals surface area contributed by atoms with Crippen molar-refractivity contribution in [1.29, 1.82) is 0 Å². The van der Waals surface area contributed by atoms with Gasteiger partial charge in [0.15, 0.2) is 0 Å². The van der Waals surface area contributed by atoms with Crippen molar-refractivity contribution in [2.45, 2.75) is 19.9 Å².